The summed E-state index contributed by atoms with van der Waals surface area (Å²) in [5, 5.41) is 6.39. The molecular weight excluding hydrogens is 420 g/mol. The standard InChI is InChI=1S/C21H24N4O7/c1-12(13-5-7-17(18(9-13)31-4)32-11-19(22)26)24-25-21(28)20(27)23-15-10-14(29-2)6-8-16(15)30-3/h5-10H,11H2,1-4H3,(H2,22,26)(H,23,27)(H,25,28)/b24-12+. The van der Waals surface area contributed by atoms with Crippen LogP contribution < -0.4 is 35.4 Å². The van der Waals surface area contributed by atoms with Crippen molar-refractivity contribution in [2.75, 3.05) is 33.3 Å². The molecule has 0 radical (unpaired) electrons. The maximum atomic E-state index is 12.2. The summed E-state index contributed by atoms with van der Waals surface area (Å²) in [4.78, 5) is 35.3. The maximum Gasteiger partial charge on any atom is 0.329 e. The van der Waals surface area contributed by atoms with Gasteiger partial charge in [0.2, 0.25) is 0 Å². The van der Waals surface area contributed by atoms with Gasteiger partial charge in [-0.05, 0) is 37.3 Å². The number of anilines is 1. The molecule has 0 saturated carbocycles. The number of methoxy groups -OCH3 is 3. The normalized spacial score (nSPS) is 10.7. The molecule has 0 saturated heterocycles. The Kier molecular flexibility index (Phi) is 8.40. The van der Waals surface area contributed by atoms with E-state index in [1.165, 1.54) is 27.4 Å². The number of hydrogen-bond acceptors (Lipinski definition) is 8. The van der Waals surface area contributed by atoms with Gasteiger partial charge in [0.15, 0.2) is 18.1 Å². The second-order valence-electron chi connectivity index (χ2n) is 6.28. The third-order valence-electron chi connectivity index (χ3n) is 4.14. The molecule has 0 aliphatic heterocycles. The second kappa shape index (κ2) is 11.2. The number of hydrazone groups is 1. The van der Waals surface area contributed by atoms with Crippen LogP contribution in [0, 0.1) is 0 Å². The van der Waals surface area contributed by atoms with Crippen molar-refractivity contribution < 1.29 is 33.3 Å². The fourth-order valence-corrected chi connectivity index (χ4v) is 2.50. The lowest BCUT2D eigenvalue weighted by atomic mass is 10.1. The van der Waals surface area contributed by atoms with Gasteiger partial charge < -0.3 is 30.0 Å². The SMILES string of the molecule is COc1ccc(OC)c(NC(=O)C(=O)N/N=C(\C)c2ccc(OCC(N)=O)c(OC)c2)c1. The first kappa shape index (κ1) is 24.0. The monoisotopic (exact) mass is 444 g/mol. The van der Waals surface area contributed by atoms with Crippen molar-refractivity contribution in [3.05, 3.63) is 42.0 Å². The molecule has 0 heterocycles. The van der Waals surface area contributed by atoms with Crippen LogP contribution in [0.25, 0.3) is 0 Å². The first-order chi connectivity index (χ1) is 15.3. The molecule has 2 aromatic rings. The van der Waals surface area contributed by atoms with Gasteiger partial charge in [0, 0.05) is 11.6 Å². The van der Waals surface area contributed by atoms with Gasteiger partial charge in [-0.15, -0.1) is 0 Å². The average Bonchev–Trinajstić information content (AvgIpc) is 2.80. The second-order valence-corrected chi connectivity index (χ2v) is 6.28. The Hall–Kier alpha value is -4.28. The molecule has 0 aromatic heterocycles. The lowest BCUT2D eigenvalue weighted by Gasteiger charge is -2.12. The maximum absolute atomic E-state index is 12.2. The highest BCUT2D eigenvalue weighted by atomic mass is 16.5. The van der Waals surface area contributed by atoms with Crippen molar-refractivity contribution in [3.63, 3.8) is 0 Å². The Bertz CT molecular complexity index is 1040. The van der Waals surface area contributed by atoms with E-state index >= 15 is 0 Å². The molecule has 0 spiro atoms. The summed E-state index contributed by atoms with van der Waals surface area (Å²) in [5.41, 5.74) is 8.51. The Morgan fingerprint density at radius 3 is 2.22 bits per heavy atom. The van der Waals surface area contributed by atoms with E-state index in [2.05, 4.69) is 15.8 Å². The topological polar surface area (TPSA) is 151 Å². The predicted molar refractivity (Wildman–Crippen MR) is 116 cm³/mol. The Labute approximate surface area is 184 Å². The largest absolute Gasteiger partial charge is 0.497 e. The highest BCUT2D eigenvalue weighted by molar-refractivity contribution is 6.39. The van der Waals surface area contributed by atoms with Gasteiger partial charge in [-0.25, -0.2) is 5.43 Å². The molecular formula is C21H24N4O7. The first-order valence-electron chi connectivity index (χ1n) is 9.26. The number of nitrogens with two attached hydrogens (primary N) is 1. The number of hydrogen-bond donors (Lipinski definition) is 3. The van der Waals surface area contributed by atoms with Gasteiger partial charge >= 0.3 is 11.8 Å². The first-order valence-corrected chi connectivity index (χ1v) is 9.26. The highest BCUT2D eigenvalue weighted by Gasteiger charge is 2.17. The Morgan fingerprint density at radius 2 is 1.59 bits per heavy atom. The molecule has 2 aromatic carbocycles. The van der Waals surface area contributed by atoms with Gasteiger partial charge in [0.25, 0.3) is 5.91 Å². The fourth-order valence-electron chi connectivity index (χ4n) is 2.50. The van der Waals surface area contributed by atoms with E-state index in [0.717, 1.165) is 0 Å². The molecule has 0 aliphatic rings. The number of amides is 3. The summed E-state index contributed by atoms with van der Waals surface area (Å²) in [7, 11) is 4.34. The van der Waals surface area contributed by atoms with Gasteiger partial charge in [0.1, 0.15) is 11.5 Å². The van der Waals surface area contributed by atoms with E-state index in [9.17, 15) is 14.4 Å². The summed E-state index contributed by atoms with van der Waals surface area (Å²) in [6, 6.07) is 9.58. The van der Waals surface area contributed by atoms with Crippen molar-refractivity contribution in [3.8, 4) is 23.0 Å². The minimum atomic E-state index is -0.984. The minimum Gasteiger partial charge on any atom is -0.497 e. The molecule has 0 aliphatic carbocycles. The fraction of sp³-hybridized carbons (Fsp3) is 0.238. The zero-order valence-electron chi connectivity index (χ0n) is 18.1. The number of carbonyl (C=O) groups excluding carboxylic acids is 3. The molecule has 3 amide bonds. The van der Waals surface area contributed by atoms with E-state index in [1.54, 1.807) is 37.3 Å². The van der Waals surface area contributed by atoms with Crippen molar-refractivity contribution in [1.29, 1.82) is 0 Å². The lowest BCUT2D eigenvalue weighted by Crippen LogP contribution is -2.33. The quantitative estimate of drug-likeness (QED) is 0.297. The van der Waals surface area contributed by atoms with Crippen LogP contribution in [0.2, 0.25) is 0 Å². The number of rotatable bonds is 9. The van der Waals surface area contributed by atoms with Gasteiger partial charge in [-0.2, -0.15) is 5.10 Å². The summed E-state index contributed by atoms with van der Waals surface area (Å²) in [6.07, 6.45) is 0. The number of carbonyl (C=O) groups is 3. The Morgan fingerprint density at radius 1 is 0.906 bits per heavy atom. The van der Waals surface area contributed by atoms with E-state index in [-0.39, 0.29) is 12.3 Å². The minimum absolute atomic E-state index is 0.268. The highest BCUT2D eigenvalue weighted by Crippen LogP contribution is 2.29. The van der Waals surface area contributed by atoms with Crippen molar-refractivity contribution in [1.82, 2.24) is 5.43 Å². The van der Waals surface area contributed by atoms with E-state index in [1.807, 2.05) is 0 Å². The predicted octanol–water partition coefficient (Wildman–Crippen LogP) is 1.06. The molecule has 0 unspecified atom stereocenters. The van der Waals surface area contributed by atoms with Crippen LogP contribution in [-0.4, -0.2) is 51.4 Å². The van der Waals surface area contributed by atoms with Crippen LogP contribution >= 0.6 is 0 Å². The number of nitrogens with zero attached hydrogens (tertiary/aromatic N) is 1. The van der Waals surface area contributed by atoms with Crippen molar-refractivity contribution in [2.24, 2.45) is 10.8 Å². The van der Waals surface area contributed by atoms with Gasteiger partial charge in [-0.3, -0.25) is 14.4 Å². The van der Waals surface area contributed by atoms with Crippen molar-refractivity contribution in [2.45, 2.75) is 6.92 Å². The molecule has 32 heavy (non-hydrogen) atoms. The number of primary amides is 1. The van der Waals surface area contributed by atoms with Crippen LogP contribution in [0.3, 0.4) is 0 Å². The van der Waals surface area contributed by atoms with Crippen LogP contribution in [0.4, 0.5) is 5.69 Å². The van der Waals surface area contributed by atoms with Crippen LogP contribution in [0.15, 0.2) is 41.5 Å². The number of nitrogens with one attached hydrogen (secondary N) is 2. The van der Waals surface area contributed by atoms with Crippen LogP contribution in [0.5, 0.6) is 23.0 Å². The smallest absolute Gasteiger partial charge is 0.329 e. The summed E-state index contributed by atoms with van der Waals surface area (Å²) >= 11 is 0. The lowest BCUT2D eigenvalue weighted by molar-refractivity contribution is -0.136. The summed E-state index contributed by atoms with van der Waals surface area (Å²) < 4.78 is 20.8. The number of benzene rings is 2. The van der Waals surface area contributed by atoms with E-state index in [4.69, 9.17) is 24.7 Å². The van der Waals surface area contributed by atoms with Crippen molar-refractivity contribution >= 4 is 29.1 Å². The third-order valence-corrected chi connectivity index (χ3v) is 4.14. The zero-order valence-corrected chi connectivity index (χ0v) is 18.1. The Balaban J connectivity index is 2.08. The van der Waals surface area contributed by atoms with Crippen LogP contribution in [-0.2, 0) is 14.4 Å². The summed E-state index contributed by atoms with van der Waals surface area (Å²) in [6.45, 7) is 1.33. The molecule has 0 fully saturated rings. The van der Waals surface area contributed by atoms with Gasteiger partial charge in [0.05, 0.1) is 32.7 Å². The molecule has 4 N–H and O–H groups in total. The average molecular weight is 444 g/mol. The van der Waals surface area contributed by atoms with Gasteiger partial charge in [-0.1, -0.05) is 0 Å². The molecule has 11 nitrogen and oxygen atoms in total. The number of ether oxygens (including phenoxy) is 4. The summed E-state index contributed by atoms with van der Waals surface area (Å²) in [5.74, 6) is -1.05. The third kappa shape index (κ3) is 6.36. The molecule has 11 heteroatoms. The molecule has 2 rings (SSSR count). The molecule has 0 atom stereocenters. The van der Waals surface area contributed by atoms with E-state index < -0.39 is 17.7 Å². The zero-order chi connectivity index (χ0) is 23.7. The molecule has 0 bridgehead atoms. The van der Waals surface area contributed by atoms with Crippen LogP contribution in [0.1, 0.15) is 12.5 Å². The van der Waals surface area contributed by atoms with E-state index in [0.29, 0.717) is 34.3 Å². The molecule has 170 valence electrons.